The van der Waals surface area contributed by atoms with Crippen LogP contribution < -0.4 is 10.6 Å². The number of para-hydroxylation sites is 2. The van der Waals surface area contributed by atoms with Gasteiger partial charge in [0.05, 0.1) is 11.4 Å². The predicted octanol–water partition coefficient (Wildman–Crippen LogP) is 2.91. The third kappa shape index (κ3) is 2.48. The van der Waals surface area contributed by atoms with Gasteiger partial charge < -0.3 is 0 Å². The first-order valence-corrected chi connectivity index (χ1v) is 4.72. The molecule has 0 aliphatic heterocycles. The van der Waals surface area contributed by atoms with Gasteiger partial charge in [-0.2, -0.15) is 5.17 Å². The second-order valence-corrected chi connectivity index (χ2v) is 3.13. The van der Waals surface area contributed by atoms with Crippen LogP contribution in [0.3, 0.4) is 0 Å². The molecule has 0 heterocycles. The van der Waals surface area contributed by atoms with E-state index >= 15 is 0 Å². The van der Waals surface area contributed by atoms with E-state index in [1.54, 1.807) is 0 Å². The number of hydrogen-bond donors (Lipinski definition) is 2. The molecule has 15 heavy (non-hydrogen) atoms. The molecule has 0 atom stereocenters. The SMILES string of the molecule is ON(Nc1ccccc1)c1ccccc1. The van der Waals surface area contributed by atoms with Gasteiger partial charge in [0.15, 0.2) is 0 Å². The minimum atomic E-state index is 0.696. The van der Waals surface area contributed by atoms with Gasteiger partial charge >= 0.3 is 0 Å². The maximum Gasteiger partial charge on any atom is 0.0876 e. The molecule has 76 valence electrons. The highest BCUT2D eigenvalue weighted by Crippen LogP contribution is 2.13. The van der Waals surface area contributed by atoms with Gasteiger partial charge in [0.2, 0.25) is 0 Å². The molecule has 0 spiro atoms. The van der Waals surface area contributed by atoms with Crippen LogP contribution in [0.5, 0.6) is 0 Å². The summed E-state index contributed by atoms with van der Waals surface area (Å²) >= 11 is 0. The van der Waals surface area contributed by atoms with Crippen LogP contribution in [-0.2, 0) is 0 Å². The van der Waals surface area contributed by atoms with Crippen LogP contribution in [0.25, 0.3) is 0 Å². The fourth-order valence-electron chi connectivity index (χ4n) is 1.27. The van der Waals surface area contributed by atoms with E-state index in [1.807, 2.05) is 60.7 Å². The first-order valence-electron chi connectivity index (χ1n) is 4.72. The molecule has 0 aromatic heterocycles. The highest BCUT2D eigenvalue weighted by molar-refractivity contribution is 5.52. The largest absolute Gasteiger partial charge is 0.275 e. The number of hydrogen-bond acceptors (Lipinski definition) is 3. The first-order chi connectivity index (χ1) is 7.36. The Labute approximate surface area is 88.5 Å². The Morgan fingerprint density at radius 1 is 0.800 bits per heavy atom. The zero-order valence-electron chi connectivity index (χ0n) is 8.17. The van der Waals surface area contributed by atoms with Crippen molar-refractivity contribution < 1.29 is 5.21 Å². The second-order valence-electron chi connectivity index (χ2n) is 3.13. The van der Waals surface area contributed by atoms with Crippen molar-refractivity contribution in [1.29, 1.82) is 0 Å². The minimum Gasteiger partial charge on any atom is -0.275 e. The monoisotopic (exact) mass is 200 g/mol. The molecule has 0 aliphatic rings. The van der Waals surface area contributed by atoms with Gasteiger partial charge in [-0.05, 0) is 24.3 Å². The van der Waals surface area contributed by atoms with Gasteiger partial charge in [-0.15, -0.1) is 0 Å². The number of benzene rings is 2. The molecule has 2 rings (SSSR count). The van der Waals surface area contributed by atoms with Crippen molar-refractivity contribution in [3.05, 3.63) is 60.7 Å². The maximum absolute atomic E-state index is 9.70. The van der Waals surface area contributed by atoms with Gasteiger partial charge in [-0.3, -0.25) is 10.6 Å². The highest BCUT2D eigenvalue weighted by Gasteiger charge is 2.00. The average Bonchev–Trinajstić information content (AvgIpc) is 2.31. The van der Waals surface area contributed by atoms with E-state index in [0.29, 0.717) is 5.69 Å². The van der Waals surface area contributed by atoms with E-state index in [-0.39, 0.29) is 0 Å². The van der Waals surface area contributed by atoms with E-state index in [9.17, 15) is 5.21 Å². The molecule has 0 radical (unpaired) electrons. The van der Waals surface area contributed by atoms with Crippen LogP contribution in [0.15, 0.2) is 60.7 Å². The Morgan fingerprint density at radius 3 is 1.93 bits per heavy atom. The predicted molar refractivity (Wildman–Crippen MR) is 60.8 cm³/mol. The Bertz CT molecular complexity index is 402. The normalized spacial score (nSPS) is 9.67. The van der Waals surface area contributed by atoms with Crippen LogP contribution in [0, 0.1) is 0 Å². The lowest BCUT2D eigenvalue weighted by Gasteiger charge is -2.18. The Hall–Kier alpha value is -2.00. The van der Waals surface area contributed by atoms with E-state index < -0.39 is 0 Å². The third-order valence-electron chi connectivity index (χ3n) is 2.01. The first kappa shape index (κ1) is 9.55. The van der Waals surface area contributed by atoms with Crippen LogP contribution >= 0.6 is 0 Å². The van der Waals surface area contributed by atoms with E-state index in [0.717, 1.165) is 10.9 Å². The molecule has 3 heteroatoms. The summed E-state index contributed by atoms with van der Waals surface area (Å²) in [5.41, 5.74) is 4.38. The fraction of sp³-hybridized carbons (Fsp3) is 0. The summed E-state index contributed by atoms with van der Waals surface area (Å²) in [4.78, 5) is 0. The third-order valence-corrected chi connectivity index (χ3v) is 2.01. The van der Waals surface area contributed by atoms with E-state index in [1.165, 1.54) is 0 Å². The van der Waals surface area contributed by atoms with Crippen molar-refractivity contribution in [2.45, 2.75) is 0 Å². The molecular weight excluding hydrogens is 188 g/mol. The molecule has 0 fully saturated rings. The van der Waals surface area contributed by atoms with Crippen molar-refractivity contribution in [1.82, 2.24) is 0 Å². The summed E-state index contributed by atoms with van der Waals surface area (Å²) in [6, 6.07) is 18.8. The Balaban J connectivity index is 2.08. The summed E-state index contributed by atoms with van der Waals surface area (Å²) < 4.78 is 0. The zero-order valence-corrected chi connectivity index (χ0v) is 8.17. The molecule has 0 saturated carbocycles. The number of nitrogens with zero attached hydrogens (tertiary/aromatic N) is 1. The molecule has 2 aromatic carbocycles. The molecule has 2 N–H and O–H groups in total. The van der Waals surface area contributed by atoms with Crippen molar-refractivity contribution in [2.24, 2.45) is 0 Å². The minimum absolute atomic E-state index is 0.696. The lowest BCUT2D eigenvalue weighted by atomic mass is 10.3. The summed E-state index contributed by atoms with van der Waals surface area (Å²) in [7, 11) is 0. The lowest BCUT2D eigenvalue weighted by molar-refractivity contribution is 0.277. The number of hydrazine groups is 1. The smallest absolute Gasteiger partial charge is 0.0876 e. The molecule has 2 aromatic rings. The van der Waals surface area contributed by atoms with Crippen LogP contribution in [0.1, 0.15) is 0 Å². The molecule has 0 unspecified atom stereocenters. The van der Waals surface area contributed by atoms with Crippen LogP contribution in [0.4, 0.5) is 11.4 Å². The van der Waals surface area contributed by atoms with Gasteiger partial charge in [0.1, 0.15) is 0 Å². The molecule has 0 aliphatic carbocycles. The van der Waals surface area contributed by atoms with Crippen molar-refractivity contribution in [2.75, 3.05) is 10.6 Å². The number of rotatable bonds is 3. The zero-order chi connectivity index (χ0) is 10.5. The van der Waals surface area contributed by atoms with E-state index in [4.69, 9.17) is 0 Å². The van der Waals surface area contributed by atoms with E-state index in [2.05, 4.69) is 5.43 Å². The van der Waals surface area contributed by atoms with Crippen molar-refractivity contribution in [3.8, 4) is 0 Å². The highest BCUT2D eigenvalue weighted by atomic mass is 16.5. The topological polar surface area (TPSA) is 35.5 Å². The van der Waals surface area contributed by atoms with Gasteiger partial charge in [0.25, 0.3) is 0 Å². The van der Waals surface area contributed by atoms with Crippen molar-refractivity contribution >= 4 is 11.4 Å². The summed E-state index contributed by atoms with van der Waals surface area (Å²) in [6.07, 6.45) is 0. The molecule has 3 nitrogen and oxygen atoms in total. The van der Waals surface area contributed by atoms with Gasteiger partial charge in [-0.1, -0.05) is 36.4 Å². The van der Waals surface area contributed by atoms with Gasteiger partial charge in [-0.25, -0.2) is 0 Å². The average molecular weight is 200 g/mol. The Kier molecular flexibility index (Phi) is 2.85. The Morgan fingerprint density at radius 2 is 1.33 bits per heavy atom. The number of anilines is 2. The van der Waals surface area contributed by atoms with Crippen molar-refractivity contribution in [3.63, 3.8) is 0 Å². The quantitative estimate of drug-likeness (QED) is 0.748. The summed E-state index contributed by atoms with van der Waals surface area (Å²) in [5.74, 6) is 0. The molecule has 0 amide bonds. The summed E-state index contributed by atoms with van der Waals surface area (Å²) in [5, 5.41) is 10.7. The maximum atomic E-state index is 9.70. The summed E-state index contributed by atoms with van der Waals surface area (Å²) in [6.45, 7) is 0. The van der Waals surface area contributed by atoms with Crippen LogP contribution in [0.2, 0.25) is 0 Å². The number of nitrogens with one attached hydrogen (secondary N) is 1. The second kappa shape index (κ2) is 4.48. The standard InChI is InChI=1S/C12H12N2O/c15-14(12-9-5-2-6-10-12)13-11-7-3-1-4-8-11/h1-10,13,15H. The fourth-order valence-corrected chi connectivity index (χ4v) is 1.27. The molecule has 0 bridgehead atoms. The van der Waals surface area contributed by atoms with Crippen LogP contribution in [-0.4, -0.2) is 5.21 Å². The van der Waals surface area contributed by atoms with Gasteiger partial charge in [0, 0.05) is 0 Å². The molecular formula is C12H12N2O. The lowest BCUT2D eigenvalue weighted by Crippen LogP contribution is -2.25. The molecule has 0 saturated heterocycles.